The number of anilines is 1. The van der Waals surface area contributed by atoms with E-state index < -0.39 is 0 Å². The van der Waals surface area contributed by atoms with Crippen molar-refractivity contribution >= 4 is 11.6 Å². The molecule has 1 saturated carbocycles. The summed E-state index contributed by atoms with van der Waals surface area (Å²) in [6.07, 6.45) is 7.81. The van der Waals surface area contributed by atoms with Gasteiger partial charge >= 0.3 is 0 Å². The molecular formula is C20H25N5O. The molecule has 2 atom stereocenters. The summed E-state index contributed by atoms with van der Waals surface area (Å²) in [7, 11) is 0. The van der Waals surface area contributed by atoms with Crippen molar-refractivity contribution in [1.82, 2.24) is 20.5 Å². The third-order valence-electron chi connectivity index (χ3n) is 5.92. The maximum atomic E-state index is 12.5. The van der Waals surface area contributed by atoms with Crippen LogP contribution in [0.1, 0.15) is 56.7 Å². The van der Waals surface area contributed by atoms with Crippen LogP contribution in [0, 0.1) is 5.92 Å². The van der Waals surface area contributed by atoms with E-state index in [2.05, 4.69) is 25.8 Å². The average Bonchev–Trinajstić information content (AvgIpc) is 3.26. The number of nitrogens with zero attached hydrogens (tertiary/aromatic N) is 2. The summed E-state index contributed by atoms with van der Waals surface area (Å²) in [5.74, 6) is 2.86. The van der Waals surface area contributed by atoms with Crippen LogP contribution < -0.4 is 10.6 Å². The largest absolute Gasteiger partial charge is 0.326 e. The van der Waals surface area contributed by atoms with Crippen LogP contribution in [-0.4, -0.2) is 33.2 Å². The smallest absolute Gasteiger partial charge is 0.224 e. The molecule has 0 spiro atoms. The highest BCUT2D eigenvalue weighted by molar-refractivity contribution is 5.91. The summed E-state index contributed by atoms with van der Waals surface area (Å²) < 4.78 is 0. The molecule has 26 heavy (non-hydrogen) atoms. The van der Waals surface area contributed by atoms with Gasteiger partial charge in [-0.25, -0.2) is 4.98 Å². The third-order valence-corrected chi connectivity index (χ3v) is 5.92. The van der Waals surface area contributed by atoms with Crippen molar-refractivity contribution in [2.75, 3.05) is 5.32 Å². The van der Waals surface area contributed by atoms with Crippen molar-refractivity contribution in [2.45, 2.75) is 62.9 Å². The Morgan fingerprint density at radius 3 is 2.73 bits per heavy atom. The van der Waals surface area contributed by atoms with Crippen LogP contribution >= 0.6 is 0 Å². The standard InChI is InChI=1S/C20H25N5O/c26-18(10-12-8-16-6-7-17(9-12)21-16)22-15-3-1-2-14(11-15)20-23-19(24-25-20)13-4-5-13/h1-3,11-13,16-17,21H,4-10H2,(H,22,26)(H,23,24,25). The van der Waals surface area contributed by atoms with Crippen molar-refractivity contribution in [2.24, 2.45) is 5.92 Å². The molecule has 2 unspecified atom stereocenters. The van der Waals surface area contributed by atoms with E-state index in [-0.39, 0.29) is 5.91 Å². The lowest BCUT2D eigenvalue weighted by molar-refractivity contribution is -0.117. The highest BCUT2D eigenvalue weighted by Gasteiger charge is 2.34. The van der Waals surface area contributed by atoms with Gasteiger partial charge in [-0.2, -0.15) is 5.10 Å². The van der Waals surface area contributed by atoms with Crippen molar-refractivity contribution in [3.8, 4) is 11.4 Å². The quantitative estimate of drug-likeness (QED) is 0.772. The summed E-state index contributed by atoms with van der Waals surface area (Å²) >= 11 is 0. The maximum Gasteiger partial charge on any atom is 0.224 e. The van der Waals surface area contributed by atoms with E-state index in [1.165, 1.54) is 25.7 Å². The lowest BCUT2D eigenvalue weighted by atomic mass is 9.89. The molecule has 2 saturated heterocycles. The van der Waals surface area contributed by atoms with E-state index in [4.69, 9.17) is 0 Å². The molecular weight excluding hydrogens is 326 g/mol. The highest BCUT2D eigenvalue weighted by Crippen LogP contribution is 2.38. The average molecular weight is 351 g/mol. The van der Waals surface area contributed by atoms with Crippen molar-refractivity contribution in [1.29, 1.82) is 0 Å². The second kappa shape index (κ2) is 6.50. The second-order valence-electron chi connectivity index (χ2n) is 8.13. The first-order valence-electron chi connectivity index (χ1n) is 9.81. The summed E-state index contributed by atoms with van der Waals surface area (Å²) in [6, 6.07) is 9.08. The van der Waals surface area contributed by atoms with Gasteiger partial charge in [0.2, 0.25) is 5.91 Å². The molecule has 3 N–H and O–H groups in total. The molecule has 3 fully saturated rings. The molecule has 1 aromatic heterocycles. The molecule has 5 rings (SSSR count). The number of aromatic amines is 1. The fourth-order valence-corrected chi connectivity index (χ4v) is 4.49. The minimum absolute atomic E-state index is 0.113. The molecule has 1 amide bonds. The summed E-state index contributed by atoms with van der Waals surface area (Å²) in [5, 5.41) is 14.1. The number of carbonyl (C=O) groups excluding carboxylic acids is 1. The van der Waals surface area contributed by atoms with Crippen molar-refractivity contribution in [3.63, 3.8) is 0 Å². The number of amides is 1. The predicted molar refractivity (Wildman–Crippen MR) is 99.7 cm³/mol. The number of hydrogen-bond acceptors (Lipinski definition) is 4. The Morgan fingerprint density at radius 1 is 1.15 bits per heavy atom. The van der Waals surface area contributed by atoms with Gasteiger partial charge in [-0.1, -0.05) is 12.1 Å². The Balaban J connectivity index is 1.23. The number of aromatic nitrogens is 3. The first kappa shape index (κ1) is 16.0. The Bertz CT molecular complexity index is 800. The Labute approximate surface area is 153 Å². The molecule has 3 aliphatic rings. The number of H-pyrrole nitrogens is 1. The van der Waals surface area contributed by atoms with E-state index in [9.17, 15) is 4.79 Å². The van der Waals surface area contributed by atoms with Crippen LogP contribution in [0.5, 0.6) is 0 Å². The predicted octanol–water partition coefficient (Wildman–Crippen LogP) is 3.21. The zero-order chi connectivity index (χ0) is 17.5. The molecule has 0 radical (unpaired) electrons. The molecule has 6 nitrogen and oxygen atoms in total. The van der Waals surface area contributed by atoms with E-state index in [0.717, 1.165) is 29.9 Å². The SMILES string of the molecule is O=C(CC1CC2CCC(C1)N2)Nc1cccc(-c2n[nH]c(C3CC3)n2)c1. The van der Waals surface area contributed by atoms with Crippen LogP contribution in [0.2, 0.25) is 0 Å². The monoisotopic (exact) mass is 351 g/mol. The molecule has 2 aromatic rings. The number of rotatable bonds is 5. The molecule has 1 aromatic carbocycles. The summed E-state index contributed by atoms with van der Waals surface area (Å²) in [6.45, 7) is 0. The van der Waals surface area contributed by atoms with Gasteiger partial charge in [0, 0.05) is 35.7 Å². The molecule has 2 aliphatic heterocycles. The van der Waals surface area contributed by atoms with Crippen molar-refractivity contribution < 1.29 is 4.79 Å². The lowest BCUT2D eigenvalue weighted by Gasteiger charge is -2.28. The Morgan fingerprint density at radius 2 is 1.96 bits per heavy atom. The number of fused-ring (bicyclic) bond motifs is 2. The van der Waals surface area contributed by atoms with E-state index in [1.807, 2.05) is 24.3 Å². The minimum atomic E-state index is 0.113. The van der Waals surface area contributed by atoms with Crippen LogP contribution in [0.15, 0.2) is 24.3 Å². The molecule has 6 heteroatoms. The molecule has 2 bridgehead atoms. The topological polar surface area (TPSA) is 82.7 Å². The van der Waals surface area contributed by atoms with Gasteiger partial charge in [0.25, 0.3) is 0 Å². The first-order valence-corrected chi connectivity index (χ1v) is 9.81. The number of piperidine rings is 1. The summed E-state index contributed by atoms with van der Waals surface area (Å²) in [5.41, 5.74) is 1.76. The number of carbonyl (C=O) groups is 1. The van der Waals surface area contributed by atoms with Gasteiger partial charge in [-0.15, -0.1) is 0 Å². The van der Waals surface area contributed by atoms with Crippen LogP contribution in [0.4, 0.5) is 5.69 Å². The van der Waals surface area contributed by atoms with Gasteiger partial charge in [0.1, 0.15) is 5.82 Å². The van der Waals surface area contributed by atoms with Gasteiger partial charge in [-0.05, 0) is 56.6 Å². The highest BCUT2D eigenvalue weighted by atomic mass is 16.1. The molecule has 1 aliphatic carbocycles. The number of nitrogens with one attached hydrogen (secondary N) is 3. The van der Waals surface area contributed by atoms with Crippen LogP contribution in [0.3, 0.4) is 0 Å². The Kier molecular flexibility index (Phi) is 4.00. The number of hydrogen-bond donors (Lipinski definition) is 3. The number of benzene rings is 1. The molecule has 3 heterocycles. The lowest BCUT2D eigenvalue weighted by Crippen LogP contribution is -2.39. The fraction of sp³-hybridized carbons (Fsp3) is 0.550. The van der Waals surface area contributed by atoms with Crippen LogP contribution in [0.25, 0.3) is 11.4 Å². The normalized spacial score (nSPS) is 27.5. The van der Waals surface area contributed by atoms with Gasteiger partial charge in [0.15, 0.2) is 5.82 Å². The third kappa shape index (κ3) is 3.38. The molecule has 136 valence electrons. The van der Waals surface area contributed by atoms with Crippen molar-refractivity contribution in [3.05, 3.63) is 30.1 Å². The van der Waals surface area contributed by atoms with Gasteiger partial charge in [0.05, 0.1) is 0 Å². The first-order chi connectivity index (χ1) is 12.7. The van der Waals surface area contributed by atoms with E-state index in [1.54, 1.807) is 0 Å². The van der Waals surface area contributed by atoms with E-state index in [0.29, 0.717) is 36.2 Å². The second-order valence-corrected chi connectivity index (χ2v) is 8.13. The van der Waals surface area contributed by atoms with Gasteiger partial charge < -0.3 is 10.6 Å². The minimum Gasteiger partial charge on any atom is -0.326 e. The van der Waals surface area contributed by atoms with E-state index >= 15 is 0 Å². The zero-order valence-corrected chi connectivity index (χ0v) is 14.9. The van der Waals surface area contributed by atoms with Gasteiger partial charge in [-0.3, -0.25) is 9.89 Å². The maximum absolute atomic E-state index is 12.5. The fourth-order valence-electron chi connectivity index (χ4n) is 4.49. The van der Waals surface area contributed by atoms with Crippen LogP contribution in [-0.2, 0) is 4.79 Å². The summed E-state index contributed by atoms with van der Waals surface area (Å²) in [4.78, 5) is 17.1. The Hall–Kier alpha value is -2.21. The zero-order valence-electron chi connectivity index (χ0n) is 14.9.